The number of benzene rings is 2. The van der Waals surface area contributed by atoms with E-state index < -0.39 is 23.3 Å². The maximum Gasteiger partial charge on any atom is 4.00 e. The molecule has 0 fully saturated rings. The molecule has 2 heterocycles. The van der Waals surface area contributed by atoms with Gasteiger partial charge in [0.05, 0.1) is 0 Å². The van der Waals surface area contributed by atoms with E-state index in [9.17, 15) is 17.6 Å². The van der Waals surface area contributed by atoms with Crippen LogP contribution in [0.4, 0.5) is 17.6 Å². The van der Waals surface area contributed by atoms with Crippen molar-refractivity contribution in [3.05, 3.63) is 178 Å². The first-order valence-electron chi connectivity index (χ1n) is 13.5. The summed E-state index contributed by atoms with van der Waals surface area (Å²) in [6.45, 7) is 8.83. The molecule has 4 aromatic carbocycles. The van der Waals surface area contributed by atoms with E-state index in [0.29, 0.717) is 24.2 Å². The smallest absolute Gasteiger partial charge is 0.347 e. The van der Waals surface area contributed by atoms with Crippen molar-refractivity contribution in [3.63, 3.8) is 0 Å². The minimum absolute atomic E-state index is 0. The second-order valence-electron chi connectivity index (χ2n) is 9.70. The molecule has 6 rings (SSSR count). The van der Waals surface area contributed by atoms with E-state index in [-0.39, 0.29) is 21.7 Å². The van der Waals surface area contributed by atoms with E-state index in [1.54, 1.807) is 0 Å². The van der Waals surface area contributed by atoms with Crippen molar-refractivity contribution in [2.24, 2.45) is 0 Å². The minimum Gasteiger partial charge on any atom is -0.347 e. The Morgan fingerprint density at radius 3 is 0.977 bits per heavy atom. The van der Waals surface area contributed by atoms with Gasteiger partial charge in [-0.15, -0.1) is 47.5 Å². The number of hydrogen-bond acceptors (Lipinski definition) is 0. The third-order valence-corrected chi connectivity index (χ3v) is 6.35. The molecule has 0 aliphatic heterocycles. The van der Waals surface area contributed by atoms with E-state index in [0.717, 1.165) is 22.8 Å². The van der Waals surface area contributed by atoms with Gasteiger partial charge in [-0.25, -0.2) is 41.8 Å². The first kappa shape index (κ1) is 35.3. The summed E-state index contributed by atoms with van der Waals surface area (Å²) in [5.41, 5.74) is 5.52. The van der Waals surface area contributed by atoms with Gasteiger partial charge < -0.3 is 9.13 Å². The average molecular weight is 619 g/mol. The van der Waals surface area contributed by atoms with Crippen LogP contribution in [0.3, 0.4) is 0 Å². The van der Waals surface area contributed by atoms with E-state index in [4.69, 9.17) is 0 Å². The quantitative estimate of drug-likeness (QED) is 0.106. The molecule has 0 bridgehead atoms. The number of hydrogen-bond donors (Lipinski definition) is 0. The summed E-state index contributed by atoms with van der Waals surface area (Å²) in [7, 11) is 0. The van der Waals surface area contributed by atoms with Gasteiger partial charge >= 0.3 is 21.7 Å². The Bertz CT molecular complexity index is 1380. The van der Waals surface area contributed by atoms with Crippen LogP contribution in [0.25, 0.3) is 0 Å². The summed E-state index contributed by atoms with van der Waals surface area (Å²) in [4.78, 5) is 0. The van der Waals surface area contributed by atoms with Gasteiger partial charge in [-0.1, -0.05) is 0 Å². The van der Waals surface area contributed by atoms with Crippen LogP contribution in [-0.4, -0.2) is 9.13 Å². The van der Waals surface area contributed by atoms with Crippen molar-refractivity contribution >= 4 is 0 Å². The van der Waals surface area contributed by atoms with Gasteiger partial charge in [0.1, 0.15) is 0 Å². The van der Waals surface area contributed by atoms with Crippen LogP contribution in [0.1, 0.15) is 33.9 Å². The van der Waals surface area contributed by atoms with Crippen LogP contribution in [0, 0.1) is 63.1 Å². The van der Waals surface area contributed by atoms with Gasteiger partial charge in [0.25, 0.3) is 0 Å². The fourth-order valence-corrected chi connectivity index (χ4v) is 4.19. The molecular formula is C36H34F4N2Ti. The molecule has 2 aromatic heterocycles. The van der Waals surface area contributed by atoms with Gasteiger partial charge in [0.15, 0.2) is 0 Å². The van der Waals surface area contributed by atoms with Crippen molar-refractivity contribution in [2.75, 3.05) is 0 Å². The standard InChI is InChI=1S/2C13H12F2N.2C5H5.Ti/c2*1-9-3-4-10(2)16(9)8-11-5-12(14)7-13(15)6-11;2*1-2-4-5-3-1;/h2*3-6H,8H2,1-2H3;2*1-5H;/q4*-1;+4. The summed E-state index contributed by atoms with van der Waals surface area (Å²) in [5, 5.41) is 0. The SMILES string of the molecule is Cc1ccc(C)n1Cc1cc(F)[c-]c(F)c1.Cc1ccc(C)n1Cc1cc(F)[c-]c(F)c1.[Ti+4].c1cc[cH-]c1.c1cc[cH-]c1. The van der Waals surface area contributed by atoms with Gasteiger partial charge in [-0.3, -0.25) is 0 Å². The fraction of sp³-hybridized carbons (Fsp3) is 0.167. The second-order valence-corrected chi connectivity index (χ2v) is 9.70. The van der Waals surface area contributed by atoms with Gasteiger partial charge in [0.2, 0.25) is 0 Å². The zero-order valence-electron chi connectivity index (χ0n) is 24.7. The molecule has 0 atom stereocenters. The molecule has 0 aliphatic rings. The van der Waals surface area contributed by atoms with E-state index in [1.807, 2.05) is 134 Å². The number of nitrogens with zero attached hydrogens (tertiary/aromatic N) is 2. The first-order chi connectivity index (χ1) is 20.1. The van der Waals surface area contributed by atoms with Gasteiger partial charge in [-0.05, 0) is 52.0 Å². The van der Waals surface area contributed by atoms with Crippen LogP contribution in [0.2, 0.25) is 0 Å². The average Bonchev–Trinajstić information content (AvgIpc) is 3.76. The minimum atomic E-state index is -0.655. The molecule has 0 amide bonds. The van der Waals surface area contributed by atoms with Crippen LogP contribution in [0.15, 0.2) is 109 Å². The Morgan fingerprint density at radius 2 is 0.767 bits per heavy atom. The van der Waals surface area contributed by atoms with Crippen LogP contribution >= 0.6 is 0 Å². The Morgan fingerprint density at radius 1 is 0.512 bits per heavy atom. The monoisotopic (exact) mass is 618 g/mol. The Kier molecular flexibility index (Phi) is 14.7. The molecule has 0 spiro atoms. The normalized spacial score (nSPS) is 9.86. The van der Waals surface area contributed by atoms with Crippen LogP contribution in [-0.2, 0) is 34.8 Å². The van der Waals surface area contributed by atoms with E-state index in [1.165, 1.54) is 24.3 Å². The number of aromatic nitrogens is 2. The summed E-state index contributed by atoms with van der Waals surface area (Å²) >= 11 is 0. The van der Waals surface area contributed by atoms with Crippen molar-refractivity contribution in [1.29, 1.82) is 0 Å². The zero-order valence-corrected chi connectivity index (χ0v) is 26.3. The number of rotatable bonds is 4. The van der Waals surface area contributed by atoms with E-state index in [2.05, 4.69) is 0 Å². The van der Waals surface area contributed by atoms with Crippen molar-refractivity contribution in [3.8, 4) is 0 Å². The maximum absolute atomic E-state index is 13.0. The molecule has 43 heavy (non-hydrogen) atoms. The summed E-state index contributed by atoms with van der Waals surface area (Å²) in [6.07, 6.45) is 0. The zero-order chi connectivity index (χ0) is 30.5. The summed E-state index contributed by atoms with van der Waals surface area (Å²) in [5.74, 6) is -2.62. The van der Waals surface area contributed by atoms with Gasteiger partial charge in [-0.2, -0.15) is 36.4 Å². The topological polar surface area (TPSA) is 9.86 Å². The predicted octanol–water partition coefficient (Wildman–Crippen LogP) is 9.27. The number of aryl methyl sites for hydroxylation is 4. The number of halogens is 4. The van der Waals surface area contributed by atoms with Crippen LogP contribution in [0.5, 0.6) is 0 Å². The predicted molar refractivity (Wildman–Crippen MR) is 160 cm³/mol. The molecule has 0 radical (unpaired) electrons. The Balaban J connectivity index is 0.000000223. The molecule has 220 valence electrons. The molecule has 7 heteroatoms. The summed E-state index contributed by atoms with van der Waals surface area (Å²) < 4.78 is 55.8. The Hall–Kier alpha value is -3.87. The van der Waals surface area contributed by atoms with Crippen molar-refractivity contribution in [1.82, 2.24) is 9.13 Å². The Labute approximate surface area is 266 Å². The molecule has 0 saturated carbocycles. The second kappa shape index (κ2) is 17.9. The third-order valence-electron chi connectivity index (χ3n) is 6.35. The molecule has 6 aromatic rings. The molecule has 0 N–H and O–H groups in total. The molecule has 2 nitrogen and oxygen atoms in total. The molecule has 0 unspecified atom stereocenters. The first-order valence-corrected chi connectivity index (χ1v) is 13.5. The van der Waals surface area contributed by atoms with E-state index >= 15 is 0 Å². The van der Waals surface area contributed by atoms with Crippen LogP contribution < -0.4 is 0 Å². The fourth-order valence-electron chi connectivity index (χ4n) is 4.19. The molecule has 0 saturated heterocycles. The van der Waals surface area contributed by atoms with Crippen molar-refractivity contribution < 1.29 is 39.3 Å². The third kappa shape index (κ3) is 12.1. The maximum atomic E-state index is 13.0. The largest absolute Gasteiger partial charge is 4.00 e. The molecular weight excluding hydrogens is 584 g/mol. The summed E-state index contributed by atoms with van der Waals surface area (Å²) in [6, 6.07) is 37.1. The molecule has 0 aliphatic carbocycles. The van der Waals surface area contributed by atoms with Gasteiger partial charge in [0, 0.05) is 59.1 Å². The van der Waals surface area contributed by atoms with Crippen molar-refractivity contribution in [2.45, 2.75) is 40.8 Å².